The van der Waals surface area contributed by atoms with E-state index in [1.165, 1.54) is 22.3 Å². The third-order valence-electron chi connectivity index (χ3n) is 2.61. The number of hydrogen-bond acceptors (Lipinski definition) is 4. The normalized spacial score (nSPS) is 10.6. The molecule has 0 aliphatic heterocycles. The summed E-state index contributed by atoms with van der Waals surface area (Å²) in [6, 6.07) is 3.31. The van der Waals surface area contributed by atoms with E-state index in [9.17, 15) is 14.4 Å². The number of carboxylic acids is 1. The summed E-state index contributed by atoms with van der Waals surface area (Å²) in [4.78, 5) is 36.9. The van der Waals surface area contributed by atoms with E-state index in [0.717, 1.165) is 6.08 Å². The highest BCUT2D eigenvalue weighted by Crippen LogP contribution is 2.19. The molecule has 7 heteroatoms. The maximum atomic E-state index is 12.3. The SMILES string of the molecule is CCNC(=O)CN(CC)C(=O)c1ccc(C=CC(=O)O)s1. The average molecular weight is 310 g/mol. The monoisotopic (exact) mass is 310 g/mol. The summed E-state index contributed by atoms with van der Waals surface area (Å²) in [5.41, 5.74) is 0. The molecule has 2 amide bonds. The molecule has 0 aliphatic carbocycles. The van der Waals surface area contributed by atoms with Crippen molar-refractivity contribution in [2.24, 2.45) is 0 Å². The summed E-state index contributed by atoms with van der Waals surface area (Å²) in [5.74, 6) is -1.47. The minimum absolute atomic E-state index is 0.0152. The van der Waals surface area contributed by atoms with Gasteiger partial charge in [-0.2, -0.15) is 0 Å². The Bertz CT molecular complexity index is 551. The van der Waals surface area contributed by atoms with E-state index in [4.69, 9.17) is 5.11 Å². The number of rotatable bonds is 7. The van der Waals surface area contributed by atoms with Crippen LogP contribution in [0.2, 0.25) is 0 Å². The van der Waals surface area contributed by atoms with Gasteiger partial charge in [0, 0.05) is 24.0 Å². The molecule has 6 nitrogen and oxygen atoms in total. The van der Waals surface area contributed by atoms with E-state index >= 15 is 0 Å². The molecular formula is C14H18N2O4S. The molecule has 0 radical (unpaired) electrons. The summed E-state index contributed by atoms with van der Waals surface area (Å²) in [6.45, 7) is 4.58. The molecule has 1 aromatic heterocycles. The second-order valence-electron chi connectivity index (χ2n) is 4.15. The number of aliphatic carboxylic acids is 1. The van der Waals surface area contributed by atoms with Crippen LogP contribution in [0, 0.1) is 0 Å². The molecule has 21 heavy (non-hydrogen) atoms. The summed E-state index contributed by atoms with van der Waals surface area (Å²) in [7, 11) is 0. The Kier molecular flexibility index (Phi) is 6.61. The van der Waals surface area contributed by atoms with Crippen LogP contribution in [0.15, 0.2) is 18.2 Å². The molecule has 0 saturated carbocycles. The molecule has 0 atom stereocenters. The molecule has 0 saturated heterocycles. The summed E-state index contributed by atoms with van der Waals surface area (Å²) >= 11 is 1.19. The van der Waals surface area contributed by atoms with Gasteiger partial charge in [-0.1, -0.05) is 0 Å². The molecule has 1 rings (SSSR count). The van der Waals surface area contributed by atoms with Crippen LogP contribution < -0.4 is 5.32 Å². The first kappa shape index (κ1) is 16.9. The lowest BCUT2D eigenvalue weighted by molar-refractivity contribution is -0.131. The van der Waals surface area contributed by atoms with Gasteiger partial charge in [0.2, 0.25) is 5.91 Å². The Morgan fingerprint density at radius 3 is 2.62 bits per heavy atom. The number of carboxylic acid groups (broad SMARTS) is 1. The van der Waals surface area contributed by atoms with Crippen molar-refractivity contribution in [2.75, 3.05) is 19.6 Å². The van der Waals surface area contributed by atoms with Crippen LogP contribution in [0.25, 0.3) is 6.08 Å². The van der Waals surface area contributed by atoms with E-state index in [1.807, 2.05) is 6.92 Å². The number of nitrogens with one attached hydrogen (secondary N) is 1. The maximum Gasteiger partial charge on any atom is 0.328 e. The van der Waals surface area contributed by atoms with Gasteiger partial charge in [-0.05, 0) is 32.1 Å². The first-order valence-corrected chi connectivity index (χ1v) is 7.36. The number of amides is 2. The second kappa shape index (κ2) is 8.21. The highest BCUT2D eigenvalue weighted by molar-refractivity contribution is 7.14. The third kappa shape index (κ3) is 5.39. The lowest BCUT2D eigenvalue weighted by Gasteiger charge is -2.19. The van der Waals surface area contributed by atoms with Crippen molar-refractivity contribution in [3.05, 3.63) is 28.0 Å². The Labute approximate surface area is 127 Å². The van der Waals surface area contributed by atoms with Gasteiger partial charge in [0.25, 0.3) is 5.91 Å². The lowest BCUT2D eigenvalue weighted by Crippen LogP contribution is -2.40. The topological polar surface area (TPSA) is 86.7 Å². The lowest BCUT2D eigenvalue weighted by atomic mass is 10.3. The number of thiophene rings is 1. The van der Waals surface area contributed by atoms with Crippen LogP contribution in [0.1, 0.15) is 28.4 Å². The first-order chi connectivity index (χ1) is 9.97. The molecule has 0 aromatic carbocycles. The number of hydrogen-bond donors (Lipinski definition) is 2. The molecule has 0 spiro atoms. The van der Waals surface area contributed by atoms with Crippen molar-refractivity contribution in [2.45, 2.75) is 13.8 Å². The highest BCUT2D eigenvalue weighted by Gasteiger charge is 2.18. The predicted molar refractivity (Wildman–Crippen MR) is 81.3 cm³/mol. The van der Waals surface area contributed by atoms with Crippen LogP contribution in [0.5, 0.6) is 0 Å². The van der Waals surface area contributed by atoms with Gasteiger partial charge in [0.05, 0.1) is 11.4 Å². The van der Waals surface area contributed by atoms with Gasteiger partial charge in [0.15, 0.2) is 0 Å². The summed E-state index contributed by atoms with van der Waals surface area (Å²) in [6.07, 6.45) is 2.45. The Morgan fingerprint density at radius 1 is 1.33 bits per heavy atom. The smallest absolute Gasteiger partial charge is 0.328 e. The fourth-order valence-electron chi connectivity index (χ4n) is 1.62. The van der Waals surface area contributed by atoms with E-state index in [1.54, 1.807) is 19.1 Å². The van der Waals surface area contributed by atoms with Gasteiger partial charge in [-0.3, -0.25) is 9.59 Å². The fraction of sp³-hybridized carbons (Fsp3) is 0.357. The standard InChI is InChI=1S/C14H18N2O4S/c1-3-15-12(17)9-16(4-2)14(20)11-7-5-10(21-11)6-8-13(18)19/h5-8H,3-4,9H2,1-2H3,(H,15,17)(H,18,19). The summed E-state index contributed by atoms with van der Waals surface area (Å²) < 4.78 is 0. The van der Waals surface area contributed by atoms with E-state index in [0.29, 0.717) is 22.8 Å². The number of likely N-dealkylation sites (N-methyl/N-ethyl adjacent to an activating group) is 2. The van der Waals surface area contributed by atoms with Crippen molar-refractivity contribution in [3.8, 4) is 0 Å². The quantitative estimate of drug-likeness (QED) is 0.746. The highest BCUT2D eigenvalue weighted by atomic mass is 32.1. The molecule has 114 valence electrons. The van der Waals surface area contributed by atoms with Crippen molar-refractivity contribution >= 4 is 35.2 Å². The van der Waals surface area contributed by atoms with Gasteiger partial charge in [-0.15, -0.1) is 11.3 Å². The molecule has 0 unspecified atom stereocenters. The third-order valence-corrected chi connectivity index (χ3v) is 3.64. The summed E-state index contributed by atoms with van der Waals surface area (Å²) in [5, 5.41) is 11.2. The molecule has 0 fully saturated rings. The van der Waals surface area contributed by atoms with E-state index < -0.39 is 5.97 Å². The Morgan fingerprint density at radius 2 is 2.05 bits per heavy atom. The Hall–Kier alpha value is -2.15. The minimum Gasteiger partial charge on any atom is -0.478 e. The molecule has 0 aliphatic rings. The number of carbonyl (C=O) groups excluding carboxylic acids is 2. The van der Waals surface area contributed by atoms with E-state index in [-0.39, 0.29) is 18.4 Å². The van der Waals surface area contributed by atoms with Crippen molar-refractivity contribution in [1.82, 2.24) is 10.2 Å². The minimum atomic E-state index is -1.04. The van der Waals surface area contributed by atoms with Crippen LogP contribution >= 0.6 is 11.3 Å². The van der Waals surface area contributed by atoms with Crippen molar-refractivity contribution < 1.29 is 19.5 Å². The molecule has 1 aromatic rings. The van der Waals surface area contributed by atoms with Crippen molar-refractivity contribution in [1.29, 1.82) is 0 Å². The molecule has 0 bridgehead atoms. The van der Waals surface area contributed by atoms with Crippen molar-refractivity contribution in [3.63, 3.8) is 0 Å². The van der Waals surface area contributed by atoms with E-state index in [2.05, 4.69) is 5.32 Å². The number of carbonyl (C=O) groups is 3. The van der Waals surface area contributed by atoms with Crippen LogP contribution in [0.4, 0.5) is 0 Å². The average Bonchev–Trinajstić information content (AvgIpc) is 2.91. The van der Waals surface area contributed by atoms with Gasteiger partial charge >= 0.3 is 5.97 Å². The first-order valence-electron chi connectivity index (χ1n) is 6.54. The van der Waals surface area contributed by atoms with Gasteiger partial charge in [-0.25, -0.2) is 4.79 Å². The van der Waals surface area contributed by atoms with Gasteiger partial charge in [0.1, 0.15) is 0 Å². The van der Waals surface area contributed by atoms with Crippen LogP contribution in [-0.4, -0.2) is 47.4 Å². The van der Waals surface area contributed by atoms with Gasteiger partial charge < -0.3 is 15.3 Å². The fourth-order valence-corrected chi connectivity index (χ4v) is 2.50. The second-order valence-corrected chi connectivity index (χ2v) is 5.26. The largest absolute Gasteiger partial charge is 0.478 e. The maximum absolute atomic E-state index is 12.3. The zero-order valence-corrected chi connectivity index (χ0v) is 12.8. The predicted octanol–water partition coefficient (Wildman–Crippen LogP) is 1.44. The van der Waals surface area contributed by atoms with Crippen LogP contribution in [0.3, 0.4) is 0 Å². The zero-order chi connectivity index (χ0) is 15.8. The zero-order valence-electron chi connectivity index (χ0n) is 12.0. The molecule has 2 N–H and O–H groups in total. The molecular weight excluding hydrogens is 292 g/mol. The number of nitrogens with zero attached hydrogens (tertiary/aromatic N) is 1. The Balaban J connectivity index is 2.76. The van der Waals surface area contributed by atoms with Crippen LogP contribution in [-0.2, 0) is 9.59 Å². The molecule has 1 heterocycles.